The van der Waals surface area contributed by atoms with Gasteiger partial charge in [0.1, 0.15) is 6.04 Å². The SMILES string of the molecule is CCCC1(C(=O)NC(C)C(=O)NC)CCNC1. The van der Waals surface area contributed by atoms with Crippen LogP contribution in [-0.2, 0) is 9.59 Å². The Balaban J connectivity index is 2.63. The number of nitrogens with one attached hydrogen (secondary N) is 3. The zero-order valence-corrected chi connectivity index (χ0v) is 10.9. The van der Waals surface area contributed by atoms with Crippen LogP contribution in [0.2, 0.25) is 0 Å². The Morgan fingerprint density at radius 3 is 2.65 bits per heavy atom. The second kappa shape index (κ2) is 6.00. The van der Waals surface area contributed by atoms with Crippen LogP contribution in [0, 0.1) is 5.41 Å². The van der Waals surface area contributed by atoms with Crippen molar-refractivity contribution in [1.82, 2.24) is 16.0 Å². The number of rotatable bonds is 5. The van der Waals surface area contributed by atoms with E-state index in [9.17, 15) is 9.59 Å². The van der Waals surface area contributed by atoms with Crippen molar-refractivity contribution in [1.29, 1.82) is 0 Å². The van der Waals surface area contributed by atoms with Crippen LogP contribution in [0.4, 0.5) is 0 Å². The van der Waals surface area contributed by atoms with Crippen molar-refractivity contribution in [3.05, 3.63) is 0 Å². The first-order valence-corrected chi connectivity index (χ1v) is 6.29. The summed E-state index contributed by atoms with van der Waals surface area (Å²) in [5.74, 6) is -0.156. The molecule has 5 heteroatoms. The molecule has 1 fully saturated rings. The smallest absolute Gasteiger partial charge is 0.242 e. The van der Waals surface area contributed by atoms with Gasteiger partial charge in [-0.05, 0) is 26.3 Å². The lowest BCUT2D eigenvalue weighted by atomic mass is 9.81. The Morgan fingerprint density at radius 2 is 2.18 bits per heavy atom. The van der Waals surface area contributed by atoms with Crippen LogP contribution in [0.1, 0.15) is 33.1 Å². The maximum absolute atomic E-state index is 12.3. The summed E-state index contributed by atoms with van der Waals surface area (Å²) in [6, 6.07) is -0.471. The molecule has 0 spiro atoms. The molecular weight excluding hydrogens is 218 g/mol. The average molecular weight is 241 g/mol. The normalized spacial score (nSPS) is 25.4. The highest BCUT2D eigenvalue weighted by atomic mass is 16.2. The van der Waals surface area contributed by atoms with Crippen LogP contribution in [0.3, 0.4) is 0 Å². The Hall–Kier alpha value is -1.10. The molecule has 0 aliphatic carbocycles. The quantitative estimate of drug-likeness (QED) is 0.635. The van der Waals surface area contributed by atoms with E-state index in [1.807, 2.05) is 0 Å². The topological polar surface area (TPSA) is 70.2 Å². The highest BCUT2D eigenvalue weighted by molar-refractivity contribution is 5.90. The summed E-state index contributed by atoms with van der Waals surface area (Å²) in [6.45, 7) is 5.38. The van der Waals surface area contributed by atoms with Crippen LogP contribution in [0.15, 0.2) is 0 Å². The standard InChI is InChI=1S/C12H23N3O2/c1-4-5-12(6-7-14-8-12)11(17)15-9(2)10(16)13-3/h9,14H,4-8H2,1-3H3,(H,13,16)(H,15,17). The monoisotopic (exact) mass is 241 g/mol. The maximum Gasteiger partial charge on any atom is 0.242 e. The molecule has 17 heavy (non-hydrogen) atoms. The predicted octanol–water partition coefficient (Wildman–Crippen LogP) is 0.0169. The van der Waals surface area contributed by atoms with Crippen LogP contribution >= 0.6 is 0 Å². The van der Waals surface area contributed by atoms with E-state index in [1.54, 1.807) is 14.0 Å². The van der Waals surface area contributed by atoms with Gasteiger partial charge >= 0.3 is 0 Å². The number of carbonyl (C=O) groups excluding carboxylic acids is 2. The predicted molar refractivity (Wildman–Crippen MR) is 66.5 cm³/mol. The minimum Gasteiger partial charge on any atom is -0.357 e. The average Bonchev–Trinajstić information content (AvgIpc) is 2.78. The summed E-state index contributed by atoms with van der Waals surface area (Å²) in [5.41, 5.74) is -0.322. The van der Waals surface area contributed by atoms with Crippen molar-refractivity contribution in [2.75, 3.05) is 20.1 Å². The highest BCUT2D eigenvalue weighted by Gasteiger charge is 2.40. The van der Waals surface area contributed by atoms with E-state index >= 15 is 0 Å². The van der Waals surface area contributed by atoms with E-state index in [4.69, 9.17) is 0 Å². The van der Waals surface area contributed by atoms with Gasteiger partial charge in [0, 0.05) is 13.6 Å². The third-order valence-corrected chi connectivity index (χ3v) is 3.44. The summed E-state index contributed by atoms with van der Waals surface area (Å²) in [6.07, 6.45) is 2.70. The van der Waals surface area contributed by atoms with Gasteiger partial charge in [-0.2, -0.15) is 0 Å². The lowest BCUT2D eigenvalue weighted by Crippen LogP contribution is -2.50. The molecule has 0 radical (unpaired) electrons. The molecule has 2 amide bonds. The second-order valence-electron chi connectivity index (χ2n) is 4.77. The summed E-state index contributed by atoms with van der Waals surface area (Å²) in [4.78, 5) is 23.6. The summed E-state index contributed by atoms with van der Waals surface area (Å²) < 4.78 is 0. The third-order valence-electron chi connectivity index (χ3n) is 3.44. The lowest BCUT2D eigenvalue weighted by molar-refractivity contribution is -0.134. The molecule has 1 saturated heterocycles. The van der Waals surface area contributed by atoms with E-state index in [0.717, 1.165) is 25.8 Å². The summed E-state index contributed by atoms with van der Waals surface area (Å²) >= 11 is 0. The Bertz CT molecular complexity index is 285. The first-order valence-electron chi connectivity index (χ1n) is 6.29. The van der Waals surface area contributed by atoms with E-state index < -0.39 is 6.04 Å². The first-order chi connectivity index (χ1) is 8.05. The van der Waals surface area contributed by atoms with Gasteiger partial charge in [0.2, 0.25) is 11.8 Å². The summed E-state index contributed by atoms with van der Waals surface area (Å²) in [5, 5.41) is 8.58. The van der Waals surface area contributed by atoms with Crippen LogP contribution < -0.4 is 16.0 Å². The minimum absolute atomic E-state index is 0.000417. The molecule has 2 unspecified atom stereocenters. The molecule has 5 nitrogen and oxygen atoms in total. The van der Waals surface area contributed by atoms with Crippen LogP contribution in [0.5, 0.6) is 0 Å². The van der Waals surface area contributed by atoms with Gasteiger partial charge in [-0.15, -0.1) is 0 Å². The molecule has 1 rings (SSSR count). The van der Waals surface area contributed by atoms with E-state index in [2.05, 4.69) is 22.9 Å². The first kappa shape index (κ1) is 14.0. The molecular formula is C12H23N3O2. The molecule has 0 aromatic rings. The molecule has 98 valence electrons. The van der Waals surface area contributed by atoms with E-state index in [0.29, 0.717) is 6.54 Å². The third kappa shape index (κ3) is 3.19. The highest BCUT2D eigenvalue weighted by Crippen LogP contribution is 2.31. The summed E-state index contributed by atoms with van der Waals surface area (Å²) in [7, 11) is 1.57. The van der Waals surface area contributed by atoms with Crippen molar-refractivity contribution in [3.63, 3.8) is 0 Å². The number of amides is 2. The molecule has 1 aliphatic heterocycles. The van der Waals surface area contributed by atoms with Crippen LogP contribution in [-0.4, -0.2) is 38.0 Å². The van der Waals surface area contributed by atoms with Crippen molar-refractivity contribution >= 4 is 11.8 Å². The van der Waals surface area contributed by atoms with Gasteiger partial charge in [-0.3, -0.25) is 9.59 Å². The molecule has 2 atom stereocenters. The van der Waals surface area contributed by atoms with Crippen LogP contribution in [0.25, 0.3) is 0 Å². The Kier molecular flexibility index (Phi) is 4.93. The molecule has 3 N–H and O–H groups in total. The van der Waals surface area contributed by atoms with Crippen molar-refractivity contribution in [2.24, 2.45) is 5.41 Å². The fourth-order valence-corrected chi connectivity index (χ4v) is 2.37. The maximum atomic E-state index is 12.3. The molecule has 1 aliphatic rings. The molecule has 0 aromatic heterocycles. The zero-order chi connectivity index (χ0) is 12.9. The van der Waals surface area contributed by atoms with Gasteiger partial charge in [0.05, 0.1) is 5.41 Å². The van der Waals surface area contributed by atoms with Crippen molar-refractivity contribution in [2.45, 2.75) is 39.2 Å². The number of likely N-dealkylation sites (N-methyl/N-ethyl adjacent to an activating group) is 1. The van der Waals surface area contributed by atoms with Gasteiger partial charge in [0.25, 0.3) is 0 Å². The van der Waals surface area contributed by atoms with E-state index in [-0.39, 0.29) is 17.2 Å². The number of hydrogen-bond donors (Lipinski definition) is 3. The van der Waals surface area contributed by atoms with Gasteiger partial charge in [-0.1, -0.05) is 13.3 Å². The Labute approximate surface area is 103 Å². The van der Waals surface area contributed by atoms with Gasteiger partial charge in [-0.25, -0.2) is 0 Å². The van der Waals surface area contributed by atoms with Gasteiger partial charge in [0.15, 0.2) is 0 Å². The molecule has 0 aromatic carbocycles. The second-order valence-corrected chi connectivity index (χ2v) is 4.77. The molecule has 0 saturated carbocycles. The Morgan fingerprint density at radius 1 is 1.47 bits per heavy atom. The van der Waals surface area contributed by atoms with Gasteiger partial charge < -0.3 is 16.0 Å². The number of carbonyl (C=O) groups is 2. The van der Waals surface area contributed by atoms with Crippen molar-refractivity contribution in [3.8, 4) is 0 Å². The zero-order valence-electron chi connectivity index (χ0n) is 10.9. The largest absolute Gasteiger partial charge is 0.357 e. The van der Waals surface area contributed by atoms with E-state index in [1.165, 1.54) is 0 Å². The molecule has 0 bridgehead atoms. The molecule has 1 heterocycles. The fourth-order valence-electron chi connectivity index (χ4n) is 2.37. The minimum atomic E-state index is -0.471. The van der Waals surface area contributed by atoms with Crippen molar-refractivity contribution < 1.29 is 9.59 Å². The lowest BCUT2D eigenvalue weighted by Gasteiger charge is -2.28. The number of hydrogen-bond acceptors (Lipinski definition) is 3. The fraction of sp³-hybridized carbons (Fsp3) is 0.833.